The van der Waals surface area contributed by atoms with Gasteiger partial charge in [-0.25, -0.2) is 0 Å². The van der Waals surface area contributed by atoms with E-state index in [0.29, 0.717) is 0 Å². The Balaban J connectivity index is 1.81. The first kappa shape index (κ1) is 29.5. The van der Waals surface area contributed by atoms with Crippen molar-refractivity contribution in [1.82, 2.24) is 0 Å². The number of unbranched alkanes of at least 4 members (excludes halogenated alkanes) is 12. The Kier molecular flexibility index (Phi) is 15.7. The second-order valence-electron chi connectivity index (χ2n) is 9.89. The van der Waals surface area contributed by atoms with E-state index in [9.17, 15) is 0 Å². The summed E-state index contributed by atoms with van der Waals surface area (Å²) in [6.07, 6.45) is 20.4. The quantitative estimate of drug-likeness (QED) is 0.0986. The number of hydrogen-bond donors (Lipinski definition) is 0. The molecule has 0 amide bonds. The predicted octanol–water partition coefficient (Wildman–Crippen LogP) is 8.33. The van der Waals surface area contributed by atoms with Gasteiger partial charge in [0.2, 0.25) is 0 Å². The van der Waals surface area contributed by atoms with Crippen molar-refractivity contribution >= 4 is 18.9 Å². The molecule has 0 spiro atoms. The van der Waals surface area contributed by atoms with E-state index in [0.717, 1.165) is 19.4 Å². The molecule has 1 unspecified atom stereocenters. The van der Waals surface area contributed by atoms with Crippen LogP contribution in [0.1, 0.15) is 104 Å². The summed E-state index contributed by atoms with van der Waals surface area (Å²) in [5.41, 5.74) is 0. The third kappa shape index (κ3) is 11.3. The molecule has 0 radical (unpaired) electrons. The third-order valence-electron chi connectivity index (χ3n) is 6.73. The van der Waals surface area contributed by atoms with Gasteiger partial charge in [0.05, 0.1) is 0 Å². The van der Waals surface area contributed by atoms with Crippen LogP contribution in [0.25, 0.3) is 0 Å². The van der Waals surface area contributed by atoms with Crippen LogP contribution in [-0.4, -0.2) is 21.3 Å². The van der Waals surface area contributed by atoms with Gasteiger partial charge in [-0.05, 0) is 30.1 Å². The van der Waals surface area contributed by atoms with E-state index in [-0.39, 0.29) is 6.10 Å². The van der Waals surface area contributed by atoms with Gasteiger partial charge >= 0.3 is 8.56 Å². The lowest BCUT2D eigenvalue weighted by Crippen LogP contribution is -2.64. The first-order valence-electron chi connectivity index (χ1n) is 14.3. The van der Waals surface area contributed by atoms with Gasteiger partial charge in [-0.3, -0.25) is 0 Å². The standard InChI is InChI=1S/C32H50O2Si/c1-4-6-7-8-9-10-11-12-13-14-15-16-23-29-33-35(34-30(3)24-5-2,31-25-19-17-20-26-31)32-27-21-18-22-28-32/h5,17-22,25-28,30H,2,4,6-16,23-24,29H2,1,3H3. The van der Waals surface area contributed by atoms with Gasteiger partial charge in [0, 0.05) is 12.7 Å². The summed E-state index contributed by atoms with van der Waals surface area (Å²) in [6, 6.07) is 21.2. The number of hydrogen-bond acceptors (Lipinski definition) is 2. The lowest BCUT2D eigenvalue weighted by atomic mass is 10.0. The molecule has 0 aliphatic carbocycles. The minimum absolute atomic E-state index is 0.0613. The summed E-state index contributed by atoms with van der Waals surface area (Å²) < 4.78 is 13.6. The maximum absolute atomic E-state index is 6.81. The highest BCUT2D eigenvalue weighted by Gasteiger charge is 2.43. The zero-order valence-corrected chi connectivity index (χ0v) is 23.6. The molecule has 0 saturated carbocycles. The Morgan fingerprint density at radius 1 is 0.686 bits per heavy atom. The van der Waals surface area contributed by atoms with Gasteiger partial charge in [-0.2, -0.15) is 0 Å². The Hall–Kier alpha value is -1.68. The van der Waals surface area contributed by atoms with Crippen LogP contribution in [-0.2, 0) is 8.85 Å². The van der Waals surface area contributed by atoms with Gasteiger partial charge in [0.25, 0.3) is 0 Å². The SMILES string of the molecule is C=CCC(C)O[Si](OCCCCCCCCCCCCCCC)(c1ccccc1)c1ccccc1. The average molecular weight is 495 g/mol. The Bertz CT molecular complexity index is 722. The van der Waals surface area contributed by atoms with E-state index in [1.165, 1.54) is 87.4 Å². The van der Waals surface area contributed by atoms with E-state index >= 15 is 0 Å². The molecule has 0 saturated heterocycles. The molecule has 2 rings (SSSR count). The van der Waals surface area contributed by atoms with Gasteiger partial charge in [0.15, 0.2) is 0 Å². The zero-order chi connectivity index (χ0) is 25.0. The molecule has 1 atom stereocenters. The van der Waals surface area contributed by atoms with Crippen LogP contribution in [0.3, 0.4) is 0 Å². The largest absolute Gasteiger partial charge is 0.407 e. The Morgan fingerprint density at radius 3 is 1.54 bits per heavy atom. The summed E-state index contributed by atoms with van der Waals surface area (Å²) >= 11 is 0. The molecular weight excluding hydrogens is 444 g/mol. The fraction of sp³-hybridized carbons (Fsp3) is 0.562. The van der Waals surface area contributed by atoms with Gasteiger partial charge < -0.3 is 8.85 Å². The molecule has 194 valence electrons. The lowest BCUT2D eigenvalue weighted by Gasteiger charge is -2.34. The fourth-order valence-corrected chi connectivity index (χ4v) is 8.08. The van der Waals surface area contributed by atoms with Crippen molar-refractivity contribution in [3.63, 3.8) is 0 Å². The highest BCUT2D eigenvalue weighted by molar-refractivity contribution is 6.92. The monoisotopic (exact) mass is 494 g/mol. The van der Waals surface area contributed by atoms with Crippen LogP contribution in [0.4, 0.5) is 0 Å². The van der Waals surface area contributed by atoms with Crippen LogP contribution in [0.15, 0.2) is 73.3 Å². The summed E-state index contributed by atoms with van der Waals surface area (Å²) in [7, 11) is -2.80. The van der Waals surface area contributed by atoms with Crippen molar-refractivity contribution in [3.8, 4) is 0 Å². The van der Waals surface area contributed by atoms with E-state index < -0.39 is 8.56 Å². The zero-order valence-electron chi connectivity index (χ0n) is 22.6. The molecule has 35 heavy (non-hydrogen) atoms. The first-order valence-corrected chi connectivity index (χ1v) is 16.1. The van der Waals surface area contributed by atoms with Crippen LogP contribution in [0, 0.1) is 0 Å². The maximum Gasteiger partial charge on any atom is 0.407 e. The number of rotatable bonds is 21. The number of benzene rings is 2. The van der Waals surface area contributed by atoms with Gasteiger partial charge in [-0.1, -0.05) is 151 Å². The molecular formula is C32H50O2Si. The van der Waals surface area contributed by atoms with E-state index in [1.807, 2.05) is 6.08 Å². The van der Waals surface area contributed by atoms with Crippen molar-refractivity contribution in [1.29, 1.82) is 0 Å². The molecule has 0 fully saturated rings. The second-order valence-corrected chi connectivity index (χ2v) is 12.8. The lowest BCUT2D eigenvalue weighted by molar-refractivity contribution is 0.141. The minimum atomic E-state index is -2.80. The predicted molar refractivity (Wildman–Crippen MR) is 155 cm³/mol. The molecule has 0 aliphatic heterocycles. The Morgan fingerprint density at radius 2 is 1.11 bits per heavy atom. The van der Waals surface area contributed by atoms with Crippen LogP contribution in [0.5, 0.6) is 0 Å². The van der Waals surface area contributed by atoms with E-state index in [2.05, 4.69) is 81.1 Å². The first-order chi connectivity index (χ1) is 17.2. The van der Waals surface area contributed by atoms with E-state index in [1.54, 1.807) is 0 Å². The topological polar surface area (TPSA) is 18.5 Å². The van der Waals surface area contributed by atoms with Crippen molar-refractivity contribution in [2.45, 2.75) is 110 Å². The smallest absolute Gasteiger partial charge is 0.388 e. The molecule has 2 aromatic rings. The third-order valence-corrected chi connectivity index (χ3v) is 10.3. The second kappa shape index (κ2) is 18.6. The highest BCUT2D eigenvalue weighted by Crippen LogP contribution is 2.17. The van der Waals surface area contributed by atoms with Crippen LogP contribution in [0.2, 0.25) is 0 Å². The van der Waals surface area contributed by atoms with Gasteiger partial charge in [-0.15, -0.1) is 6.58 Å². The van der Waals surface area contributed by atoms with Gasteiger partial charge in [0.1, 0.15) is 0 Å². The normalized spacial score (nSPS) is 12.5. The van der Waals surface area contributed by atoms with Crippen LogP contribution < -0.4 is 10.4 Å². The molecule has 2 nitrogen and oxygen atoms in total. The van der Waals surface area contributed by atoms with Crippen molar-refractivity contribution in [2.24, 2.45) is 0 Å². The van der Waals surface area contributed by atoms with Crippen LogP contribution >= 0.6 is 0 Å². The highest BCUT2D eigenvalue weighted by atomic mass is 28.4. The Labute approximate surface area is 217 Å². The maximum atomic E-state index is 6.81. The summed E-state index contributed by atoms with van der Waals surface area (Å²) in [5, 5.41) is 2.36. The molecule has 2 aromatic carbocycles. The molecule has 0 bridgehead atoms. The molecule has 0 heterocycles. The fourth-order valence-electron chi connectivity index (χ4n) is 4.72. The average Bonchev–Trinajstić information content (AvgIpc) is 2.89. The molecule has 3 heteroatoms. The molecule has 0 N–H and O–H groups in total. The summed E-state index contributed by atoms with van der Waals surface area (Å²) in [4.78, 5) is 0. The summed E-state index contributed by atoms with van der Waals surface area (Å²) in [5.74, 6) is 0. The van der Waals surface area contributed by atoms with Crippen molar-refractivity contribution < 1.29 is 8.85 Å². The molecule has 0 aromatic heterocycles. The van der Waals surface area contributed by atoms with Crippen molar-refractivity contribution in [3.05, 3.63) is 73.3 Å². The van der Waals surface area contributed by atoms with Crippen molar-refractivity contribution in [2.75, 3.05) is 6.61 Å². The minimum Gasteiger partial charge on any atom is -0.388 e. The van der Waals surface area contributed by atoms with E-state index in [4.69, 9.17) is 8.85 Å². The summed E-state index contributed by atoms with van der Waals surface area (Å²) in [6.45, 7) is 9.07. The molecule has 0 aliphatic rings.